The number of hydrogen-bond acceptors (Lipinski definition) is 4. The van der Waals surface area contributed by atoms with Gasteiger partial charge in [0.2, 0.25) is 10.0 Å². The van der Waals surface area contributed by atoms with Gasteiger partial charge in [0.15, 0.2) is 0 Å². The summed E-state index contributed by atoms with van der Waals surface area (Å²) in [7, 11) is -3.74. The maximum absolute atomic E-state index is 12.4. The number of carboxylic acids is 1. The van der Waals surface area contributed by atoms with E-state index in [0.717, 1.165) is 0 Å². The Morgan fingerprint density at radius 3 is 2.52 bits per heavy atom. The summed E-state index contributed by atoms with van der Waals surface area (Å²) in [4.78, 5) is 11.1. The second kappa shape index (κ2) is 8.42. The molecule has 0 fully saturated rings. The summed E-state index contributed by atoms with van der Waals surface area (Å²) in [6.45, 7) is 8.82. The van der Waals surface area contributed by atoms with Crippen LogP contribution in [0.5, 0.6) is 0 Å². The molecule has 6 nitrogen and oxygen atoms in total. The smallest absolute Gasteiger partial charge is 0.335 e. The van der Waals surface area contributed by atoms with Crippen LogP contribution in [0.3, 0.4) is 0 Å². The Kier molecular flexibility index (Phi) is 7.18. The van der Waals surface area contributed by atoms with Crippen LogP contribution in [0.15, 0.2) is 17.0 Å². The van der Waals surface area contributed by atoms with Crippen molar-refractivity contribution in [1.82, 2.24) is 4.72 Å². The van der Waals surface area contributed by atoms with E-state index in [1.807, 2.05) is 13.8 Å². The minimum atomic E-state index is -3.74. The minimum absolute atomic E-state index is 0.0120. The zero-order chi connectivity index (χ0) is 17.6. The SMILES string of the molecule is Cc1cc(C(=O)O)cc(S(=O)(=O)NCCCOCC(C)C)c1C. The highest BCUT2D eigenvalue weighted by Crippen LogP contribution is 2.21. The van der Waals surface area contributed by atoms with Gasteiger partial charge in [0, 0.05) is 19.8 Å². The van der Waals surface area contributed by atoms with Crippen LogP contribution in [0.2, 0.25) is 0 Å². The Labute approximate surface area is 137 Å². The summed E-state index contributed by atoms with van der Waals surface area (Å²) < 4.78 is 32.6. The fourth-order valence-corrected chi connectivity index (χ4v) is 3.42. The molecule has 7 heteroatoms. The van der Waals surface area contributed by atoms with E-state index in [9.17, 15) is 13.2 Å². The van der Waals surface area contributed by atoms with Gasteiger partial charge in [0.1, 0.15) is 0 Å². The van der Waals surface area contributed by atoms with E-state index in [1.165, 1.54) is 12.1 Å². The lowest BCUT2D eigenvalue weighted by atomic mass is 10.1. The van der Waals surface area contributed by atoms with Crippen molar-refractivity contribution in [3.05, 3.63) is 28.8 Å². The van der Waals surface area contributed by atoms with Crippen LogP contribution in [0.25, 0.3) is 0 Å². The lowest BCUT2D eigenvalue weighted by molar-refractivity contribution is 0.0696. The first-order valence-corrected chi connectivity index (χ1v) is 9.05. The number of aryl methyl sites for hydroxylation is 1. The second-order valence-electron chi connectivity index (χ2n) is 5.94. The topological polar surface area (TPSA) is 92.7 Å². The molecular weight excluding hydrogens is 318 g/mol. The first kappa shape index (κ1) is 19.6. The third kappa shape index (κ3) is 5.93. The molecule has 0 aliphatic rings. The number of rotatable bonds is 9. The summed E-state index contributed by atoms with van der Waals surface area (Å²) >= 11 is 0. The van der Waals surface area contributed by atoms with Crippen molar-refractivity contribution in [2.45, 2.75) is 39.0 Å². The number of benzene rings is 1. The zero-order valence-electron chi connectivity index (χ0n) is 14.0. The molecule has 1 aromatic rings. The number of nitrogens with one attached hydrogen (secondary N) is 1. The Bertz CT molecular complexity index is 653. The van der Waals surface area contributed by atoms with Crippen LogP contribution in [0.4, 0.5) is 0 Å². The highest BCUT2D eigenvalue weighted by Gasteiger charge is 2.20. The van der Waals surface area contributed by atoms with E-state index in [1.54, 1.807) is 13.8 Å². The van der Waals surface area contributed by atoms with Gasteiger partial charge >= 0.3 is 5.97 Å². The summed E-state index contributed by atoms with van der Waals surface area (Å²) in [5.74, 6) is -0.706. The summed E-state index contributed by atoms with van der Waals surface area (Å²) in [5.41, 5.74) is 1.15. The van der Waals surface area contributed by atoms with Gasteiger partial charge in [-0.25, -0.2) is 17.9 Å². The van der Waals surface area contributed by atoms with Gasteiger partial charge in [0.05, 0.1) is 10.5 Å². The van der Waals surface area contributed by atoms with E-state index < -0.39 is 16.0 Å². The van der Waals surface area contributed by atoms with Crippen molar-refractivity contribution >= 4 is 16.0 Å². The van der Waals surface area contributed by atoms with Crippen molar-refractivity contribution < 1.29 is 23.1 Å². The standard InChI is InChI=1S/C16H25NO5S/c1-11(2)10-22-7-5-6-17-23(20,21)15-9-14(16(18)19)8-12(3)13(15)4/h8-9,11,17H,5-7,10H2,1-4H3,(H,18,19). The first-order valence-electron chi connectivity index (χ1n) is 7.57. The third-order valence-corrected chi connectivity index (χ3v) is 4.95. The molecule has 1 rings (SSSR count). The lowest BCUT2D eigenvalue weighted by Gasteiger charge is -2.12. The predicted molar refractivity (Wildman–Crippen MR) is 88.3 cm³/mol. The van der Waals surface area contributed by atoms with Crippen LogP contribution in [-0.4, -0.2) is 39.3 Å². The van der Waals surface area contributed by atoms with Gasteiger partial charge < -0.3 is 9.84 Å². The molecule has 2 N–H and O–H groups in total. The van der Waals surface area contributed by atoms with E-state index in [-0.39, 0.29) is 17.0 Å². The third-order valence-electron chi connectivity index (χ3n) is 3.36. The fraction of sp³-hybridized carbons (Fsp3) is 0.562. The van der Waals surface area contributed by atoms with E-state index in [0.29, 0.717) is 36.7 Å². The first-order chi connectivity index (χ1) is 10.6. The number of ether oxygens (including phenoxy) is 1. The van der Waals surface area contributed by atoms with Crippen molar-refractivity contribution in [3.63, 3.8) is 0 Å². The van der Waals surface area contributed by atoms with E-state index >= 15 is 0 Å². The molecule has 0 radical (unpaired) electrons. The fourth-order valence-electron chi connectivity index (χ4n) is 2.01. The summed E-state index contributed by atoms with van der Waals surface area (Å²) in [6, 6.07) is 2.67. The van der Waals surface area contributed by atoms with Gasteiger partial charge in [0.25, 0.3) is 0 Å². The van der Waals surface area contributed by atoms with Crippen molar-refractivity contribution in [2.75, 3.05) is 19.8 Å². The van der Waals surface area contributed by atoms with Crippen LogP contribution < -0.4 is 4.72 Å². The highest BCUT2D eigenvalue weighted by molar-refractivity contribution is 7.89. The van der Waals surface area contributed by atoms with Gasteiger partial charge in [-0.15, -0.1) is 0 Å². The molecule has 0 saturated heterocycles. The summed E-state index contributed by atoms with van der Waals surface area (Å²) in [5, 5.41) is 9.08. The number of carbonyl (C=O) groups is 1. The van der Waals surface area contributed by atoms with Crippen molar-refractivity contribution in [3.8, 4) is 0 Å². The number of aromatic carboxylic acids is 1. The molecule has 0 unspecified atom stereocenters. The average molecular weight is 343 g/mol. The molecule has 0 spiro atoms. The van der Waals surface area contributed by atoms with E-state index in [2.05, 4.69) is 4.72 Å². The average Bonchev–Trinajstić information content (AvgIpc) is 2.44. The van der Waals surface area contributed by atoms with Crippen LogP contribution >= 0.6 is 0 Å². The monoisotopic (exact) mass is 343 g/mol. The summed E-state index contributed by atoms with van der Waals surface area (Å²) in [6.07, 6.45) is 0.558. The second-order valence-corrected chi connectivity index (χ2v) is 7.68. The molecule has 0 aliphatic heterocycles. The van der Waals surface area contributed by atoms with Crippen LogP contribution in [-0.2, 0) is 14.8 Å². The molecule has 23 heavy (non-hydrogen) atoms. The van der Waals surface area contributed by atoms with E-state index in [4.69, 9.17) is 9.84 Å². The Balaban J connectivity index is 2.75. The zero-order valence-corrected chi connectivity index (χ0v) is 14.9. The van der Waals surface area contributed by atoms with Crippen LogP contribution in [0, 0.1) is 19.8 Å². The molecule has 0 amide bonds. The Hall–Kier alpha value is -1.44. The molecular formula is C16H25NO5S. The predicted octanol–water partition coefficient (Wildman–Crippen LogP) is 2.34. The molecule has 0 atom stereocenters. The molecule has 0 aromatic heterocycles. The highest BCUT2D eigenvalue weighted by atomic mass is 32.2. The van der Waals surface area contributed by atoms with Crippen molar-refractivity contribution in [2.24, 2.45) is 5.92 Å². The normalized spacial score (nSPS) is 11.9. The number of hydrogen-bond donors (Lipinski definition) is 2. The Morgan fingerprint density at radius 2 is 1.96 bits per heavy atom. The quantitative estimate of drug-likeness (QED) is 0.671. The van der Waals surface area contributed by atoms with Gasteiger partial charge in [-0.2, -0.15) is 0 Å². The van der Waals surface area contributed by atoms with Gasteiger partial charge in [-0.1, -0.05) is 13.8 Å². The molecule has 0 bridgehead atoms. The Morgan fingerprint density at radius 1 is 1.30 bits per heavy atom. The molecule has 0 aliphatic carbocycles. The maximum Gasteiger partial charge on any atom is 0.335 e. The molecule has 0 saturated carbocycles. The molecule has 1 aromatic carbocycles. The maximum atomic E-state index is 12.4. The number of carboxylic acid groups (broad SMARTS) is 1. The number of sulfonamides is 1. The van der Waals surface area contributed by atoms with Gasteiger partial charge in [-0.3, -0.25) is 0 Å². The lowest BCUT2D eigenvalue weighted by Crippen LogP contribution is -2.27. The van der Waals surface area contributed by atoms with Crippen LogP contribution in [0.1, 0.15) is 41.8 Å². The molecule has 130 valence electrons. The largest absolute Gasteiger partial charge is 0.478 e. The van der Waals surface area contributed by atoms with Crippen molar-refractivity contribution in [1.29, 1.82) is 0 Å². The molecule has 0 heterocycles. The van der Waals surface area contributed by atoms with Gasteiger partial charge in [-0.05, 0) is 49.4 Å². The minimum Gasteiger partial charge on any atom is -0.478 e.